The van der Waals surface area contributed by atoms with E-state index in [1.54, 1.807) is 30.5 Å². The number of aromatic hydroxyl groups is 1. The highest BCUT2D eigenvalue weighted by Gasteiger charge is 2.40. The number of carbonyl (C=O) groups excluding carboxylic acids is 1. The standard InChI is InChI=1S/C24H10FN3O2/c25-16-7-1-4-13-18(12(10-26)11-27)22(24(30)20(13)16)19-14-5-2-8-17(29)21(14)23-15(19)6-3-9-28-23/h1-9,29H/b22-19-. The fourth-order valence-corrected chi connectivity index (χ4v) is 4.19. The zero-order valence-electron chi connectivity index (χ0n) is 15.3. The van der Waals surface area contributed by atoms with Crippen molar-refractivity contribution in [3.8, 4) is 29.1 Å². The van der Waals surface area contributed by atoms with Crippen molar-refractivity contribution in [2.45, 2.75) is 0 Å². The summed E-state index contributed by atoms with van der Waals surface area (Å²) in [4.78, 5) is 17.8. The van der Waals surface area contributed by atoms with Crippen molar-refractivity contribution in [1.29, 1.82) is 10.5 Å². The van der Waals surface area contributed by atoms with Gasteiger partial charge in [0.1, 0.15) is 29.3 Å². The van der Waals surface area contributed by atoms with Gasteiger partial charge in [0.25, 0.3) is 0 Å². The predicted octanol–water partition coefficient (Wildman–Crippen LogP) is 4.41. The molecule has 0 bridgehead atoms. The first-order chi connectivity index (χ1) is 14.6. The number of allylic oxidation sites excluding steroid dienone is 3. The molecule has 0 saturated heterocycles. The van der Waals surface area contributed by atoms with E-state index in [9.17, 15) is 24.8 Å². The Kier molecular flexibility index (Phi) is 3.64. The first-order valence-corrected chi connectivity index (χ1v) is 8.99. The molecule has 0 saturated carbocycles. The molecule has 2 aliphatic rings. The highest BCUT2D eigenvalue weighted by Crippen LogP contribution is 2.53. The van der Waals surface area contributed by atoms with Crippen LogP contribution in [0.25, 0.3) is 22.4 Å². The van der Waals surface area contributed by atoms with Crippen molar-refractivity contribution in [3.63, 3.8) is 0 Å². The molecule has 30 heavy (non-hydrogen) atoms. The van der Waals surface area contributed by atoms with Gasteiger partial charge in [-0.15, -0.1) is 0 Å². The van der Waals surface area contributed by atoms with Crippen LogP contribution in [0.4, 0.5) is 4.39 Å². The van der Waals surface area contributed by atoms with Gasteiger partial charge >= 0.3 is 0 Å². The summed E-state index contributed by atoms with van der Waals surface area (Å²) >= 11 is 0. The topological polar surface area (TPSA) is 97.8 Å². The molecule has 140 valence electrons. The summed E-state index contributed by atoms with van der Waals surface area (Å²) in [7, 11) is 0. The van der Waals surface area contributed by atoms with Crippen molar-refractivity contribution >= 4 is 16.9 Å². The van der Waals surface area contributed by atoms with E-state index in [0.29, 0.717) is 28.0 Å². The number of ketones is 1. The van der Waals surface area contributed by atoms with E-state index in [2.05, 4.69) is 4.98 Å². The lowest BCUT2D eigenvalue weighted by molar-refractivity contribution is 0.104. The average molecular weight is 391 g/mol. The Morgan fingerprint density at radius 3 is 2.37 bits per heavy atom. The summed E-state index contributed by atoms with van der Waals surface area (Å²) in [5.74, 6) is -1.34. The maximum absolute atomic E-state index is 14.6. The molecule has 2 aromatic carbocycles. The number of aromatic nitrogens is 1. The number of hydrogen-bond acceptors (Lipinski definition) is 5. The molecular formula is C24H10FN3O2. The van der Waals surface area contributed by atoms with Gasteiger partial charge in [-0.3, -0.25) is 9.78 Å². The number of halogens is 1. The van der Waals surface area contributed by atoms with E-state index in [1.165, 1.54) is 24.3 Å². The monoisotopic (exact) mass is 391 g/mol. The Morgan fingerprint density at radius 1 is 0.900 bits per heavy atom. The van der Waals surface area contributed by atoms with Crippen LogP contribution in [0.15, 0.2) is 65.9 Å². The largest absolute Gasteiger partial charge is 0.507 e. The number of Topliss-reactive ketones (excluding diaryl/α,β-unsaturated/α-hetero) is 1. The number of nitriles is 2. The number of phenolic OH excluding ortho intramolecular Hbond substituents is 1. The van der Waals surface area contributed by atoms with Gasteiger partial charge < -0.3 is 5.11 Å². The lowest BCUT2D eigenvalue weighted by Gasteiger charge is -2.09. The number of rotatable bonds is 0. The van der Waals surface area contributed by atoms with Gasteiger partial charge in [0, 0.05) is 28.5 Å². The summed E-state index contributed by atoms with van der Waals surface area (Å²) in [6.07, 6.45) is 1.57. The maximum Gasteiger partial charge on any atom is 0.197 e. The van der Waals surface area contributed by atoms with Crippen molar-refractivity contribution in [3.05, 3.63) is 93.9 Å². The molecule has 0 unspecified atom stereocenters. The van der Waals surface area contributed by atoms with Crippen LogP contribution in [0.5, 0.6) is 5.75 Å². The Balaban J connectivity index is 2.00. The summed E-state index contributed by atoms with van der Waals surface area (Å²) in [6.45, 7) is 0. The quantitative estimate of drug-likeness (QED) is 0.354. The summed E-state index contributed by atoms with van der Waals surface area (Å²) in [5.41, 5.74) is 2.37. The molecule has 3 aromatic rings. The number of nitrogens with zero attached hydrogens (tertiary/aromatic N) is 3. The van der Waals surface area contributed by atoms with Gasteiger partial charge in [-0.1, -0.05) is 30.3 Å². The average Bonchev–Trinajstić information content (AvgIpc) is 3.23. The third kappa shape index (κ3) is 2.13. The molecule has 0 fully saturated rings. The predicted molar refractivity (Wildman–Crippen MR) is 106 cm³/mol. The van der Waals surface area contributed by atoms with Gasteiger partial charge in [0.05, 0.1) is 16.8 Å². The van der Waals surface area contributed by atoms with Crippen LogP contribution in [0, 0.1) is 28.5 Å². The molecule has 0 radical (unpaired) electrons. The summed E-state index contributed by atoms with van der Waals surface area (Å²) in [6, 6.07) is 16.1. The van der Waals surface area contributed by atoms with Crippen molar-refractivity contribution < 1.29 is 14.3 Å². The van der Waals surface area contributed by atoms with E-state index in [1.807, 2.05) is 12.1 Å². The normalized spacial score (nSPS) is 15.8. The van der Waals surface area contributed by atoms with E-state index in [-0.39, 0.29) is 33.6 Å². The van der Waals surface area contributed by atoms with Gasteiger partial charge in [-0.2, -0.15) is 10.5 Å². The van der Waals surface area contributed by atoms with Crippen LogP contribution in [0.2, 0.25) is 0 Å². The minimum Gasteiger partial charge on any atom is -0.507 e. The van der Waals surface area contributed by atoms with Crippen LogP contribution in [0.3, 0.4) is 0 Å². The highest BCUT2D eigenvalue weighted by molar-refractivity contribution is 6.33. The van der Waals surface area contributed by atoms with E-state index in [4.69, 9.17) is 0 Å². The molecule has 5 nitrogen and oxygen atoms in total. The number of pyridine rings is 1. The molecule has 1 heterocycles. The molecule has 0 atom stereocenters. The first-order valence-electron chi connectivity index (χ1n) is 8.99. The van der Waals surface area contributed by atoms with Crippen LogP contribution in [-0.2, 0) is 0 Å². The molecule has 6 heteroatoms. The SMILES string of the molecule is N#CC(C#N)=C1/C(=C2/c3cccnc3-c3c(O)cccc32)C(=O)c2c(F)cccc21. The second kappa shape index (κ2) is 6.23. The molecule has 0 amide bonds. The third-order valence-corrected chi connectivity index (χ3v) is 5.34. The van der Waals surface area contributed by atoms with E-state index >= 15 is 0 Å². The summed E-state index contributed by atoms with van der Waals surface area (Å²) in [5, 5.41) is 29.6. The van der Waals surface area contributed by atoms with Gasteiger partial charge in [0.15, 0.2) is 5.78 Å². The van der Waals surface area contributed by atoms with Crippen LogP contribution in [-0.4, -0.2) is 15.9 Å². The first kappa shape index (κ1) is 17.5. The second-order valence-electron chi connectivity index (χ2n) is 6.81. The number of hydrogen-bond donors (Lipinski definition) is 1. The van der Waals surface area contributed by atoms with Gasteiger partial charge in [0.2, 0.25) is 0 Å². The number of fused-ring (bicyclic) bond motifs is 4. The van der Waals surface area contributed by atoms with Crippen LogP contribution in [0.1, 0.15) is 27.0 Å². The van der Waals surface area contributed by atoms with Crippen molar-refractivity contribution in [2.24, 2.45) is 0 Å². The third-order valence-electron chi connectivity index (χ3n) is 5.34. The van der Waals surface area contributed by atoms with E-state index in [0.717, 1.165) is 0 Å². The van der Waals surface area contributed by atoms with Crippen molar-refractivity contribution in [1.82, 2.24) is 4.98 Å². The Morgan fingerprint density at radius 2 is 1.60 bits per heavy atom. The molecule has 0 aliphatic heterocycles. The Labute approximate surface area is 170 Å². The zero-order chi connectivity index (χ0) is 21.0. The zero-order valence-corrected chi connectivity index (χ0v) is 15.3. The lowest BCUT2D eigenvalue weighted by atomic mass is 9.91. The van der Waals surface area contributed by atoms with Crippen molar-refractivity contribution in [2.75, 3.05) is 0 Å². The molecular weight excluding hydrogens is 381 g/mol. The number of carbonyl (C=O) groups is 1. The molecule has 5 rings (SSSR count). The fraction of sp³-hybridized carbons (Fsp3) is 0. The smallest absolute Gasteiger partial charge is 0.197 e. The Bertz CT molecular complexity index is 1440. The molecule has 0 spiro atoms. The molecule has 2 aliphatic carbocycles. The summed E-state index contributed by atoms with van der Waals surface area (Å²) < 4.78 is 14.6. The van der Waals surface area contributed by atoms with E-state index < -0.39 is 11.6 Å². The lowest BCUT2D eigenvalue weighted by Crippen LogP contribution is -2.02. The Hall–Kier alpha value is -4.55. The number of phenols is 1. The minimum atomic E-state index is -0.721. The number of benzene rings is 2. The fourth-order valence-electron chi connectivity index (χ4n) is 4.19. The molecule has 1 N–H and O–H groups in total. The van der Waals surface area contributed by atoms with Gasteiger partial charge in [-0.25, -0.2) is 4.39 Å². The van der Waals surface area contributed by atoms with Gasteiger partial charge in [-0.05, 0) is 29.3 Å². The van der Waals surface area contributed by atoms with Crippen LogP contribution >= 0.6 is 0 Å². The van der Waals surface area contributed by atoms with Crippen LogP contribution < -0.4 is 0 Å². The molecule has 1 aromatic heterocycles. The highest BCUT2D eigenvalue weighted by atomic mass is 19.1. The minimum absolute atomic E-state index is 0.0106. The second-order valence-corrected chi connectivity index (χ2v) is 6.81. The maximum atomic E-state index is 14.6.